The Morgan fingerprint density at radius 3 is 2.36 bits per heavy atom. The molecule has 2 aromatic carbocycles. The van der Waals surface area contributed by atoms with Crippen LogP contribution in [0.3, 0.4) is 0 Å². The van der Waals surface area contributed by atoms with Crippen LogP contribution < -0.4 is 5.32 Å². The first-order valence-corrected chi connectivity index (χ1v) is 7.67. The fraction of sp³-hybridized carbons (Fsp3) is 0.0556. The summed E-state index contributed by atoms with van der Waals surface area (Å²) in [5.74, 6) is -2.95. The summed E-state index contributed by atoms with van der Waals surface area (Å²) in [6, 6.07) is 8.71. The van der Waals surface area contributed by atoms with Gasteiger partial charge >= 0.3 is 0 Å². The van der Waals surface area contributed by atoms with Crippen molar-refractivity contribution in [3.8, 4) is 11.1 Å². The lowest BCUT2D eigenvalue weighted by Crippen LogP contribution is -2.17. The number of halogens is 3. The van der Waals surface area contributed by atoms with Crippen LogP contribution in [0.1, 0.15) is 15.9 Å². The number of aromatic nitrogens is 2. The second-order valence-corrected chi connectivity index (χ2v) is 5.74. The predicted molar refractivity (Wildman–Crippen MR) is 91.5 cm³/mol. The molecule has 1 heterocycles. The molecule has 3 rings (SSSR count). The number of anilines is 1. The fourth-order valence-corrected chi connectivity index (χ4v) is 2.50. The first-order chi connectivity index (χ1) is 12.0. The van der Waals surface area contributed by atoms with E-state index in [0.717, 1.165) is 23.3 Å². The van der Waals surface area contributed by atoms with Gasteiger partial charge in [0.1, 0.15) is 17.2 Å². The van der Waals surface area contributed by atoms with Gasteiger partial charge in [-0.05, 0) is 31.2 Å². The third kappa shape index (κ3) is 3.64. The van der Waals surface area contributed by atoms with Crippen molar-refractivity contribution in [3.63, 3.8) is 0 Å². The second kappa shape index (κ2) is 6.94. The monoisotopic (exact) mass is 359 g/mol. The molecule has 1 N–H and O–H groups in total. The molecule has 0 radical (unpaired) electrons. The predicted octanol–water partition coefficient (Wildman–Crippen LogP) is 4.64. The SMILES string of the molecule is Cc1ccc(Cl)c(-c2cnc(NC(=O)c3c(F)cccc3F)nc2)c1. The summed E-state index contributed by atoms with van der Waals surface area (Å²) < 4.78 is 27.2. The molecule has 0 aliphatic rings. The standard InChI is InChI=1S/C18H12ClF2N3O/c1-10-5-6-13(19)12(7-10)11-8-22-18(23-9-11)24-17(25)16-14(20)3-2-4-15(16)21/h2-9H,1H3,(H,22,23,24,25). The van der Waals surface area contributed by atoms with E-state index in [2.05, 4.69) is 15.3 Å². The lowest BCUT2D eigenvalue weighted by Gasteiger charge is -2.08. The van der Waals surface area contributed by atoms with Crippen molar-refractivity contribution < 1.29 is 13.6 Å². The molecular weight excluding hydrogens is 348 g/mol. The highest BCUT2D eigenvalue weighted by Gasteiger charge is 2.18. The van der Waals surface area contributed by atoms with E-state index in [1.54, 1.807) is 6.07 Å². The van der Waals surface area contributed by atoms with Gasteiger partial charge in [0.05, 0.1) is 0 Å². The largest absolute Gasteiger partial charge is 0.290 e. The first kappa shape index (κ1) is 17.0. The molecule has 0 atom stereocenters. The van der Waals surface area contributed by atoms with Crippen LogP contribution in [-0.2, 0) is 0 Å². The number of nitrogens with one attached hydrogen (secondary N) is 1. The highest BCUT2D eigenvalue weighted by molar-refractivity contribution is 6.33. The number of amides is 1. The molecule has 0 unspecified atom stereocenters. The summed E-state index contributed by atoms with van der Waals surface area (Å²) in [6.45, 7) is 1.93. The Balaban J connectivity index is 1.84. The van der Waals surface area contributed by atoms with Crippen LogP contribution in [0.5, 0.6) is 0 Å². The molecule has 0 spiro atoms. The zero-order valence-electron chi connectivity index (χ0n) is 13.1. The summed E-state index contributed by atoms with van der Waals surface area (Å²) in [7, 11) is 0. The van der Waals surface area contributed by atoms with Gasteiger partial charge in [0.25, 0.3) is 5.91 Å². The summed E-state index contributed by atoms with van der Waals surface area (Å²) in [5, 5.41) is 2.81. The van der Waals surface area contributed by atoms with Gasteiger partial charge in [-0.2, -0.15) is 0 Å². The molecule has 7 heteroatoms. The van der Waals surface area contributed by atoms with Gasteiger partial charge in [0.2, 0.25) is 5.95 Å². The topological polar surface area (TPSA) is 54.9 Å². The van der Waals surface area contributed by atoms with E-state index in [1.165, 1.54) is 18.5 Å². The van der Waals surface area contributed by atoms with Crippen molar-refractivity contribution >= 4 is 23.5 Å². The van der Waals surface area contributed by atoms with E-state index in [-0.39, 0.29) is 5.95 Å². The Bertz CT molecular complexity index is 925. The summed E-state index contributed by atoms with van der Waals surface area (Å²) >= 11 is 6.16. The molecular formula is C18H12ClF2N3O. The number of carbonyl (C=O) groups excluding carboxylic acids is 1. The molecule has 126 valence electrons. The highest BCUT2D eigenvalue weighted by Crippen LogP contribution is 2.28. The van der Waals surface area contributed by atoms with Crippen LogP contribution >= 0.6 is 11.6 Å². The number of aryl methyl sites for hydroxylation is 1. The third-order valence-electron chi connectivity index (χ3n) is 3.50. The Hall–Kier alpha value is -2.86. The van der Waals surface area contributed by atoms with Gasteiger partial charge in [0.15, 0.2) is 0 Å². The molecule has 0 aliphatic heterocycles. The number of benzene rings is 2. The average Bonchev–Trinajstić information content (AvgIpc) is 2.58. The molecule has 0 bridgehead atoms. The Morgan fingerprint density at radius 1 is 1.08 bits per heavy atom. The number of carbonyl (C=O) groups is 1. The molecule has 0 saturated heterocycles. The molecule has 0 fully saturated rings. The zero-order valence-corrected chi connectivity index (χ0v) is 13.8. The Kier molecular flexibility index (Phi) is 4.72. The molecule has 4 nitrogen and oxygen atoms in total. The van der Waals surface area contributed by atoms with Crippen LogP contribution in [0.15, 0.2) is 48.8 Å². The van der Waals surface area contributed by atoms with Crippen LogP contribution in [-0.4, -0.2) is 15.9 Å². The maximum Gasteiger partial charge on any atom is 0.263 e. The van der Waals surface area contributed by atoms with Crippen molar-refractivity contribution in [1.29, 1.82) is 0 Å². The number of hydrogen-bond acceptors (Lipinski definition) is 3. The number of nitrogens with zero attached hydrogens (tertiary/aromatic N) is 2. The van der Waals surface area contributed by atoms with Gasteiger partial charge in [-0.15, -0.1) is 0 Å². The number of hydrogen-bond donors (Lipinski definition) is 1. The minimum absolute atomic E-state index is 0.0693. The maximum absolute atomic E-state index is 13.6. The van der Waals surface area contributed by atoms with Crippen LogP contribution in [0.25, 0.3) is 11.1 Å². The minimum atomic E-state index is -0.961. The minimum Gasteiger partial charge on any atom is -0.290 e. The normalized spacial score (nSPS) is 10.6. The summed E-state index contributed by atoms with van der Waals surface area (Å²) in [6.07, 6.45) is 2.95. The maximum atomic E-state index is 13.6. The van der Waals surface area contributed by atoms with Gasteiger partial charge in [-0.25, -0.2) is 18.7 Å². The highest BCUT2D eigenvalue weighted by atomic mass is 35.5. The lowest BCUT2D eigenvalue weighted by atomic mass is 10.1. The van der Waals surface area contributed by atoms with Crippen LogP contribution in [0, 0.1) is 18.6 Å². The van der Waals surface area contributed by atoms with E-state index in [1.807, 2.05) is 19.1 Å². The van der Waals surface area contributed by atoms with E-state index in [9.17, 15) is 13.6 Å². The van der Waals surface area contributed by atoms with Crippen molar-refractivity contribution in [2.24, 2.45) is 0 Å². The van der Waals surface area contributed by atoms with Gasteiger partial charge in [-0.3, -0.25) is 10.1 Å². The molecule has 0 saturated carbocycles. The number of rotatable bonds is 3. The lowest BCUT2D eigenvalue weighted by molar-refractivity contribution is 0.101. The third-order valence-corrected chi connectivity index (χ3v) is 3.83. The summed E-state index contributed by atoms with van der Waals surface area (Å²) in [4.78, 5) is 20.0. The Labute approximate surface area is 147 Å². The molecule has 3 aromatic rings. The average molecular weight is 360 g/mol. The van der Waals surface area contributed by atoms with Crippen molar-refractivity contribution in [3.05, 3.63) is 76.6 Å². The van der Waals surface area contributed by atoms with Crippen molar-refractivity contribution in [1.82, 2.24) is 9.97 Å². The molecule has 25 heavy (non-hydrogen) atoms. The van der Waals surface area contributed by atoms with E-state index >= 15 is 0 Å². The fourth-order valence-electron chi connectivity index (χ4n) is 2.27. The van der Waals surface area contributed by atoms with Gasteiger partial charge < -0.3 is 0 Å². The van der Waals surface area contributed by atoms with Gasteiger partial charge in [-0.1, -0.05) is 29.3 Å². The summed E-state index contributed by atoms with van der Waals surface area (Å²) in [5.41, 5.74) is 1.74. The molecule has 1 aromatic heterocycles. The smallest absolute Gasteiger partial charge is 0.263 e. The zero-order chi connectivity index (χ0) is 18.0. The Morgan fingerprint density at radius 2 is 1.72 bits per heavy atom. The van der Waals surface area contributed by atoms with E-state index in [4.69, 9.17) is 11.6 Å². The van der Waals surface area contributed by atoms with Crippen LogP contribution in [0.2, 0.25) is 5.02 Å². The van der Waals surface area contributed by atoms with E-state index < -0.39 is 23.1 Å². The second-order valence-electron chi connectivity index (χ2n) is 5.33. The first-order valence-electron chi connectivity index (χ1n) is 7.29. The van der Waals surface area contributed by atoms with Crippen LogP contribution in [0.4, 0.5) is 14.7 Å². The van der Waals surface area contributed by atoms with Crippen molar-refractivity contribution in [2.75, 3.05) is 5.32 Å². The van der Waals surface area contributed by atoms with Gasteiger partial charge in [0, 0.05) is 28.5 Å². The quantitative estimate of drug-likeness (QED) is 0.741. The van der Waals surface area contributed by atoms with Crippen molar-refractivity contribution in [2.45, 2.75) is 6.92 Å². The van der Waals surface area contributed by atoms with E-state index in [0.29, 0.717) is 10.6 Å². The molecule has 1 amide bonds. The molecule has 0 aliphatic carbocycles.